The first-order valence-electron chi connectivity index (χ1n) is 19.7. The van der Waals surface area contributed by atoms with Crippen molar-refractivity contribution in [2.45, 2.75) is 78.0 Å². The predicted molar refractivity (Wildman–Crippen MR) is 217 cm³/mol. The van der Waals surface area contributed by atoms with Crippen molar-refractivity contribution in [3.63, 3.8) is 0 Å². The van der Waals surface area contributed by atoms with Crippen molar-refractivity contribution < 1.29 is 23.9 Å². The molecule has 1 unspecified atom stereocenters. The number of hydrogen-bond donors (Lipinski definition) is 2. The van der Waals surface area contributed by atoms with Crippen LogP contribution >= 0.6 is 11.6 Å². The van der Waals surface area contributed by atoms with Gasteiger partial charge in [0.25, 0.3) is 17.4 Å². The number of benzene rings is 2. The number of unbranched alkanes of at least 4 members (excludes halogenated alkanes) is 2. The van der Waals surface area contributed by atoms with Crippen LogP contribution in [0, 0.1) is 22.2 Å². The summed E-state index contributed by atoms with van der Waals surface area (Å²) in [5, 5.41) is 23.4. The summed E-state index contributed by atoms with van der Waals surface area (Å²) in [5.74, 6) is 0.888. The maximum absolute atomic E-state index is 13.4. The van der Waals surface area contributed by atoms with Crippen molar-refractivity contribution in [3.8, 4) is 17.6 Å². The first kappa shape index (κ1) is 40.6. The molecule has 1 atom stereocenters. The van der Waals surface area contributed by atoms with E-state index in [-0.39, 0.29) is 47.6 Å². The molecule has 3 fully saturated rings. The van der Waals surface area contributed by atoms with Gasteiger partial charge in [0.05, 0.1) is 28.1 Å². The van der Waals surface area contributed by atoms with Crippen LogP contribution in [0.25, 0.3) is 10.9 Å². The lowest BCUT2D eigenvalue weighted by Gasteiger charge is -2.63. The molecule has 16 heteroatoms. The molecule has 2 aliphatic heterocycles. The molecule has 3 aliphatic rings. The predicted octanol–water partition coefficient (Wildman–Crippen LogP) is 4.67. The lowest BCUT2D eigenvalue weighted by atomic mass is 9.49. The number of rotatable bonds is 13. The number of piperidine rings is 1. The minimum atomic E-state index is -0.877. The van der Waals surface area contributed by atoms with Gasteiger partial charge in [0.15, 0.2) is 0 Å². The number of hydrogen-bond acceptors (Lipinski definition) is 12. The highest BCUT2D eigenvalue weighted by Crippen LogP contribution is 2.55. The third-order valence-electron chi connectivity index (χ3n) is 11.7. The monoisotopic (exact) mass is 809 g/mol. The summed E-state index contributed by atoms with van der Waals surface area (Å²) in [5.41, 5.74) is 0.117. The van der Waals surface area contributed by atoms with Crippen LogP contribution < -0.4 is 30.6 Å². The van der Waals surface area contributed by atoms with E-state index >= 15 is 0 Å². The fourth-order valence-electron chi connectivity index (χ4n) is 8.77. The van der Waals surface area contributed by atoms with E-state index in [0.29, 0.717) is 45.2 Å². The molecule has 4 aromatic rings. The molecule has 4 heterocycles. The van der Waals surface area contributed by atoms with Crippen molar-refractivity contribution in [2.24, 2.45) is 10.8 Å². The van der Waals surface area contributed by atoms with E-state index in [9.17, 15) is 24.4 Å². The van der Waals surface area contributed by atoms with Crippen molar-refractivity contribution in [1.82, 2.24) is 35.5 Å². The van der Waals surface area contributed by atoms with Gasteiger partial charge in [-0.25, -0.2) is 4.98 Å². The number of ether oxygens (including phenoxy) is 2. The van der Waals surface area contributed by atoms with Crippen molar-refractivity contribution in [1.29, 1.82) is 5.26 Å². The smallest absolute Gasteiger partial charge is 0.278 e. The molecular formula is C42H48ClN9O6. The number of carbonyl (C=O) groups is 3. The minimum Gasteiger partial charge on any atom is -0.494 e. The van der Waals surface area contributed by atoms with Crippen LogP contribution in [0.3, 0.4) is 0 Å². The maximum atomic E-state index is 13.4. The molecule has 2 N–H and O–H groups in total. The Morgan fingerprint density at radius 2 is 1.74 bits per heavy atom. The van der Waals surface area contributed by atoms with Gasteiger partial charge in [0.1, 0.15) is 41.0 Å². The zero-order valence-electron chi connectivity index (χ0n) is 33.2. The largest absolute Gasteiger partial charge is 0.494 e. The Balaban J connectivity index is 0.820. The number of aromatic nitrogens is 4. The van der Waals surface area contributed by atoms with Crippen LogP contribution in [0.5, 0.6) is 11.5 Å². The number of anilines is 1. The van der Waals surface area contributed by atoms with E-state index in [2.05, 4.69) is 69.5 Å². The molecule has 0 radical (unpaired) electrons. The average Bonchev–Trinajstić information content (AvgIpc) is 3.21. The average molecular weight is 810 g/mol. The first-order chi connectivity index (χ1) is 27.8. The summed E-state index contributed by atoms with van der Waals surface area (Å²) in [6.45, 7) is 13.3. The second-order valence-corrected chi connectivity index (χ2v) is 16.8. The zero-order valence-corrected chi connectivity index (χ0v) is 33.9. The molecule has 2 aromatic heterocycles. The number of piperazine rings is 1. The topological polar surface area (TPSA) is 185 Å². The number of nitriles is 1. The Kier molecular flexibility index (Phi) is 11.7. The SMILES string of the molecule is CC1(C)C(NC(=O)c2ccc(N3CCN(CCCCCOc4ccc5nnn(C6CCC(=O)NC6=O)c(=O)c5c4)CC3)nc2)C(C)(C)C1Oc1ccc(C#N)c(Cl)c1. The molecule has 0 bridgehead atoms. The molecular weight excluding hydrogens is 762 g/mol. The van der Waals surface area contributed by atoms with E-state index in [1.807, 2.05) is 12.1 Å². The summed E-state index contributed by atoms with van der Waals surface area (Å²) in [6, 6.07) is 14.9. The van der Waals surface area contributed by atoms with Gasteiger partial charge in [-0.1, -0.05) is 44.5 Å². The standard InChI is InChI=1S/C42H48ClN9O6/c1-41(2)39(42(3,4)40(41)58-29-10-8-26(24-44)31(43)23-29)47-36(54)27-9-14-34(45-25-27)51-19-17-50(18-20-51)16-6-5-7-21-57-28-11-12-32-30(22-28)38(56)52(49-48-32)33-13-15-35(53)46-37(33)55/h8-12,14,22-23,25,33,39-40H,5-7,13,15-21H2,1-4H3,(H,47,54)(H,46,53,55). The van der Waals surface area contributed by atoms with Crippen LogP contribution in [0.4, 0.5) is 5.82 Å². The molecule has 1 saturated carbocycles. The van der Waals surface area contributed by atoms with Crippen molar-refractivity contribution in [3.05, 3.63) is 81.2 Å². The summed E-state index contributed by atoms with van der Waals surface area (Å²) in [6.07, 6.45) is 4.66. The number of carbonyl (C=O) groups excluding carboxylic acids is 3. The van der Waals surface area contributed by atoms with Crippen LogP contribution in [0.2, 0.25) is 5.02 Å². The quantitative estimate of drug-likeness (QED) is 0.141. The Bertz CT molecular complexity index is 2280. The van der Waals surface area contributed by atoms with Gasteiger partial charge in [0.2, 0.25) is 5.91 Å². The van der Waals surface area contributed by atoms with E-state index in [0.717, 1.165) is 62.5 Å². The second kappa shape index (κ2) is 16.7. The minimum absolute atomic E-state index is 0.135. The molecule has 0 spiro atoms. The Labute approximate surface area is 341 Å². The molecule has 3 amide bonds. The Morgan fingerprint density at radius 1 is 0.983 bits per heavy atom. The molecule has 1 aliphatic carbocycles. The zero-order chi connectivity index (χ0) is 41.2. The maximum Gasteiger partial charge on any atom is 0.278 e. The van der Waals surface area contributed by atoms with Gasteiger partial charge >= 0.3 is 0 Å². The molecule has 304 valence electrons. The normalized spacial score (nSPS) is 21.4. The summed E-state index contributed by atoms with van der Waals surface area (Å²) in [7, 11) is 0. The number of halogens is 1. The summed E-state index contributed by atoms with van der Waals surface area (Å²) >= 11 is 6.24. The van der Waals surface area contributed by atoms with Crippen LogP contribution in [-0.4, -0.2) is 94.1 Å². The first-order valence-corrected chi connectivity index (χ1v) is 20.1. The Hall–Kier alpha value is -5.59. The van der Waals surface area contributed by atoms with Gasteiger partial charge in [-0.15, -0.1) is 5.10 Å². The highest BCUT2D eigenvalue weighted by Gasteiger charge is 2.64. The highest BCUT2D eigenvalue weighted by atomic mass is 35.5. The van der Waals surface area contributed by atoms with Crippen LogP contribution in [-0.2, 0) is 9.59 Å². The summed E-state index contributed by atoms with van der Waals surface area (Å²) in [4.78, 5) is 59.8. The molecule has 15 nitrogen and oxygen atoms in total. The molecule has 2 saturated heterocycles. The van der Waals surface area contributed by atoms with Crippen LogP contribution in [0.1, 0.15) is 81.8 Å². The summed E-state index contributed by atoms with van der Waals surface area (Å²) < 4.78 is 13.4. The second-order valence-electron chi connectivity index (χ2n) is 16.4. The Morgan fingerprint density at radius 3 is 2.43 bits per heavy atom. The third kappa shape index (κ3) is 8.35. The van der Waals surface area contributed by atoms with Crippen LogP contribution in [0.15, 0.2) is 59.5 Å². The number of nitrogens with zero attached hydrogens (tertiary/aromatic N) is 7. The fraction of sp³-hybridized carbons (Fsp3) is 0.476. The highest BCUT2D eigenvalue weighted by molar-refractivity contribution is 6.31. The van der Waals surface area contributed by atoms with E-state index in [1.165, 1.54) is 0 Å². The lowest BCUT2D eigenvalue weighted by molar-refractivity contribution is -0.164. The molecule has 58 heavy (non-hydrogen) atoms. The van der Waals surface area contributed by atoms with Crippen molar-refractivity contribution in [2.75, 3.05) is 44.2 Å². The molecule has 2 aromatic carbocycles. The number of imide groups is 1. The lowest BCUT2D eigenvalue weighted by Crippen LogP contribution is -2.74. The number of amides is 3. The number of pyridine rings is 1. The van der Waals surface area contributed by atoms with Gasteiger partial charge in [-0.2, -0.15) is 9.94 Å². The van der Waals surface area contributed by atoms with Crippen molar-refractivity contribution >= 4 is 46.0 Å². The number of nitrogens with one attached hydrogen (secondary N) is 2. The van der Waals surface area contributed by atoms with Gasteiger partial charge in [-0.3, -0.25) is 29.4 Å². The van der Waals surface area contributed by atoms with E-state index < -0.39 is 17.5 Å². The fourth-order valence-corrected chi connectivity index (χ4v) is 8.98. The van der Waals surface area contributed by atoms with E-state index in [4.69, 9.17) is 21.1 Å². The molecule has 7 rings (SSSR count). The van der Waals surface area contributed by atoms with Gasteiger partial charge in [-0.05, 0) is 74.7 Å². The van der Waals surface area contributed by atoms with Gasteiger partial charge in [0, 0.05) is 61.7 Å². The van der Waals surface area contributed by atoms with E-state index in [1.54, 1.807) is 42.6 Å². The number of fused-ring (bicyclic) bond motifs is 1. The third-order valence-corrected chi connectivity index (χ3v) is 12.0. The van der Waals surface area contributed by atoms with Gasteiger partial charge < -0.3 is 19.7 Å².